The highest BCUT2D eigenvalue weighted by atomic mass is 32.2. The maximum absolute atomic E-state index is 11.2. The Balaban J connectivity index is 2.29. The first-order valence-corrected chi connectivity index (χ1v) is 7.21. The zero-order chi connectivity index (χ0) is 13.3. The Bertz CT molecular complexity index is 607. The largest absolute Gasteiger partial charge is 0.379 e. The average molecular weight is 266 g/mol. The van der Waals surface area contributed by atoms with Crippen molar-refractivity contribution < 1.29 is 5.11 Å². The second-order valence-electron chi connectivity index (χ2n) is 4.68. The topological polar surface area (TPSA) is 20.2 Å². The van der Waals surface area contributed by atoms with Crippen molar-refractivity contribution in [2.75, 3.05) is 0 Å². The molecule has 1 N–H and O–H groups in total. The molecule has 1 atom stereocenters. The lowest BCUT2D eigenvalue weighted by Gasteiger charge is -2.28. The molecule has 3 rings (SSSR count). The third-order valence-electron chi connectivity index (χ3n) is 3.54. The van der Waals surface area contributed by atoms with Crippen molar-refractivity contribution in [3.63, 3.8) is 0 Å². The molecule has 0 aromatic heterocycles. The molecule has 0 saturated carbocycles. The second-order valence-corrected chi connectivity index (χ2v) is 5.70. The maximum atomic E-state index is 11.2. The number of hydrogen-bond donors (Lipinski definition) is 1. The van der Waals surface area contributed by atoms with Crippen LogP contribution in [-0.4, -0.2) is 5.11 Å². The van der Waals surface area contributed by atoms with E-state index in [2.05, 4.69) is 12.0 Å². The van der Waals surface area contributed by atoms with Crippen molar-refractivity contribution in [3.8, 4) is 12.3 Å². The average Bonchev–Trinajstić information content (AvgIpc) is 2.57. The van der Waals surface area contributed by atoms with Crippen LogP contribution < -0.4 is 0 Å². The van der Waals surface area contributed by atoms with Gasteiger partial charge in [-0.1, -0.05) is 42.5 Å². The van der Waals surface area contributed by atoms with Crippen molar-refractivity contribution in [1.29, 1.82) is 0 Å². The fraction of sp³-hybridized carbons (Fsp3) is 0.176. The van der Waals surface area contributed by atoms with Crippen molar-refractivity contribution in [2.45, 2.75) is 22.7 Å². The fourth-order valence-corrected chi connectivity index (χ4v) is 3.75. The molecular formula is C17H14OS. The number of rotatable bonds is 1. The van der Waals surface area contributed by atoms with Crippen LogP contribution in [0.25, 0.3) is 0 Å². The van der Waals surface area contributed by atoms with Crippen LogP contribution in [0.2, 0.25) is 0 Å². The normalized spacial score (nSPS) is 20.8. The minimum Gasteiger partial charge on any atom is -0.379 e. The minimum absolute atomic E-state index is 0.293. The summed E-state index contributed by atoms with van der Waals surface area (Å²) in [6.07, 6.45) is 5.79. The molecule has 1 nitrogen and oxygen atoms in total. The third-order valence-corrected chi connectivity index (χ3v) is 4.66. The predicted molar refractivity (Wildman–Crippen MR) is 78.9 cm³/mol. The van der Waals surface area contributed by atoms with Crippen LogP contribution >= 0.6 is 11.8 Å². The van der Waals surface area contributed by atoms with Gasteiger partial charge in [0.05, 0.1) is 0 Å². The molecule has 0 radical (unpaired) electrons. The van der Waals surface area contributed by atoms with Gasteiger partial charge in [0.25, 0.3) is 0 Å². The highest BCUT2D eigenvalue weighted by Crippen LogP contribution is 2.44. The predicted octanol–water partition coefficient (Wildman–Crippen LogP) is 3.55. The van der Waals surface area contributed by atoms with Gasteiger partial charge in [-0.05, 0) is 17.2 Å². The number of aliphatic hydroxyl groups is 1. The quantitative estimate of drug-likeness (QED) is 0.797. The lowest BCUT2D eigenvalue weighted by molar-refractivity contribution is 0.0834. The second kappa shape index (κ2) is 4.77. The Morgan fingerprint density at radius 2 is 1.79 bits per heavy atom. The molecule has 2 aromatic rings. The van der Waals surface area contributed by atoms with Crippen molar-refractivity contribution >= 4 is 11.8 Å². The summed E-state index contributed by atoms with van der Waals surface area (Å²) in [5, 5.41) is 11.2. The molecule has 94 valence electrons. The van der Waals surface area contributed by atoms with Gasteiger partial charge in [0.2, 0.25) is 0 Å². The zero-order valence-corrected chi connectivity index (χ0v) is 11.3. The standard InChI is InChI=1S/C17H14OS/c1-2-11-17(18)14-8-4-3-7-13(14)12-19-16-10-6-5-9-15(16)17/h1,3-10,18H,11-12H2/t17-/m1/s1. The number of terminal acetylenes is 1. The van der Waals surface area contributed by atoms with Crippen LogP contribution in [0.5, 0.6) is 0 Å². The Morgan fingerprint density at radius 3 is 2.58 bits per heavy atom. The van der Waals surface area contributed by atoms with E-state index in [9.17, 15) is 5.11 Å². The zero-order valence-electron chi connectivity index (χ0n) is 10.5. The van der Waals surface area contributed by atoms with Crippen LogP contribution in [-0.2, 0) is 11.4 Å². The molecule has 0 amide bonds. The van der Waals surface area contributed by atoms with E-state index in [1.54, 1.807) is 11.8 Å². The monoisotopic (exact) mass is 266 g/mol. The highest BCUT2D eigenvalue weighted by molar-refractivity contribution is 7.98. The number of fused-ring (bicyclic) bond motifs is 2. The summed E-state index contributed by atoms with van der Waals surface area (Å²) in [5.41, 5.74) is 1.93. The van der Waals surface area contributed by atoms with E-state index in [1.807, 2.05) is 42.5 Å². The number of benzene rings is 2. The molecular weight excluding hydrogens is 252 g/mol. The maximum Gasteiger partial charge on any atom is 0.127 e. The lowest BCUT2D eigenvalue weighted by atomic mass is 9.82. The Morgan fingerprint density at radius 1 is 1.11 bits per heavy atom. The molecule has 19 heavy (non-hydrogen) atoms. The van der Waals surface area contributed by atoms with E-state index in [-0.39, 0.29) is 0 Å². The SMILES string of the molecule is C#CC[C@@]1(O)c2ccccc2CSc2ccccc21. The molecule has 0 saturated heterocycles. The molecule has 2 aromatic carbocycles. The van der Waals surface area contributed by atoms with Crippen molar-refractivity contribution in [2.24, 2.45) is 0 Å². The Hall–Kier alpha value is -1.69. The molecule has 1 aliphatic heterocycles. The van der Waals surface area contributed by atoms with Gasteiger partial charge in [-0.25, -0.2) is 0 Å². The van der Waals surface area contributed by atoms with E-state index in [0.29, 0.717) is 6.42 Å². The molecule has 2 heteroatoms. The first kappa shape index (κ1) is 12.3. The van der Waals surface area contributed by atoms with Crippen LogP contribution in [0.1, 0.15) is 23.1 Å². The molecule has 1 aliphatic rings. The minimum atomic E-state index is -1.08. The molecule has 0 spiro atoms. The van der Waals surface area contributed by atoms with Crippen molar-refractivity contribution in [3.05, 3.63) is 65.2 Å². The smallest absolute Gasteiger partial charge is 0.127 e. The van der Waals surface area contributed by atoms with Gasteiger partial charge in [-0.3, -0.25) is 0 Å². The van der Waals surface area contributed by atoms with E-state index in [1.165, 1.54) is 0 Å². The summed E-state index contributed by atoms with van der Waals surface area (Å²) < 4.78 is 0. The number of hydrogen-bond acceptors (Lipinski definition) is 2. The first-order valence-electron chi connectivity index (χ1n) is 6.22. The van der Waals surface area contributed by atoms with Gasteiger partial charge in [-0.2, -0.15) is 0 Å². The molecule has 1 heterocycles. The van der Waals surface area contributed by atoms with E-state index in [4.69, 9.17) is 6.42 Å². The first-order chi connectivity index (χ1) is 9.25. The molecule has 0 aliphatic carbocycles. The van der Waals surface area contributed by atoms with E-state index < -0.39 is 5.60 Å². The molecule has 0 bridgehead atoms. The van der Waals surface area contributed by atoms with E-state index in [0.717, 1.165) is 27.3 Å². The number of thioether (sulfide) groups is 1. The Kier molecular flexibility index (Phi) is 3.10. The van der Waals surface area contributed by atoms with Gasteiger partial charge in [0.1, 0.15) is 5.60 Å². The summed E-state index contributed by atoms with van der Waals surface area (Å²) in [6.45, 7) is 0. The fourth-order valence-electron chi connectivity index (χ4n) is 2.62. The van der Waals surface area contributed by atoms with E-state index >= 15 is 0 Å². The summed E-state index contributed by atoms with van der Waals surface area (Å²) in [7, 11) is 0. The summed E-state index contributed by atoms with van der Waals surface area (Å²) in [6, 6.07) is 16.0. The van der Waals surface area contributed by atoms with Crippen molar-refractivity contribution in [1.82, 2.24) is 0 Å². The van der Waals surface area contributed by atoms with Crippen LogP contribution in [0.15, 0.2) is 53.4 Å². The summed E-state index contributed by atoms with van der Waals surface area (Å²) in [4.78, 5) is 1.11. The third kappa shape index (κ3) is 1.96. The lowest BCUT2D eigenvalue weighted by Crippen LogP contribution is -2.27. The van der Waals surface area contributed by atoms with Crippen LogP contribution in [0.4, 0.5) is 0 Å². The van der Waals surface area contributed by atoms with Gasteiger partial charge in [0, 0.05) is 22.6 Å². The highest BCUT2D eigenvalue weighted by Gasteiger charge is 2.36. The molecule has 0 unspecified atom stereocenters. The molecule has 0 fully saturated rings. The van der Waals surface area contributed by atoms with Gasteiger partial charge >= 0.3 is 0 Å². The van der Waals surface area contributed by atoms with Gasteiger partial charge in [0.15, 0.2) is 0 Å². The van der Waals surface area contributed by atoms with Gasteiger partial charge in [-0.15, -0.1) is 24.1 Å². The Labute approximate surface area is 117 Å². The van der Waals surface area contributed by atoms with Crippen LogP contribution in [0, 0.1) is 12.3 Å². The van der Waals surface area contributed by atoms with Gasteiger partial charge < -0.3 is 5.11 Å². The summed E-state index contributed by atoms with van der Waals surface area (Å²) >= 11 is 1.75. The summed E-state index contributed by atoms with van der Waals surface area (Å²) in [5.74, 6) is 3.49. The van der Waals surface area contributed by atoms with Crippen LogP contribution in [0.3, 0.4) is 0 Å².